The molecule has 5 rings (SSSR count). The molecule has 4 heteroatoms. The number of carboxylic acids is 2. The largest absolute Gasteiger partial charge is 0.478 e. The second kappa shape index (κ2) is 8.60. The van der Waals surface area contributed by atoms with E-state index in [1.807, 2.05) is 0 Å². The van der Waals surface area contributed by atoms with Crippen molar-refractivity contribution < 1.29 is 19.8 Å². The first-order valence-electron chi connectivity index (χ1n) is 10.5. The maximum absolute atomic E-state index is 10.5. The molecular weight excluding hydrogens is 388 g/mol. The summed E-state index contributed by atoms with van der Waals surface area (Å²) in [5.41, 5.74) is 2.80. The predicted octanol–water partition coefficient (Wildman–Crippen LogP) is 6.52. The molecule has 0 amide bonds. The number of carbonyl (C=O) groups is 2. The number of carboxylic acid groups (broad SMARTS) is 2. The third-order valence-electron chi connectivity index (χ3n) is 6.02. The van der Waals surface area contributed by atoms with Crippen molar-refractivity contribution >= 4 is 33.5 Å². The number of rotatable bonds is 2. The zero-order valence-electron chi connectivity index (χ0n) is 17.3. The summed E-state index contributed by atoms with van der Waals surface area (Å²) < 4.78 is 0. The number of aromatic carboxylic acids is 2. The second-order valence-corrected chi connectivity index (χ2v) is 7.97. The highest BCUT2D eigenvalue weighted by Gasteiger charge is 2.19. The summed E-state index contributed by atoms with van der Waals surface area (Å²) in [5, 5.41) is 22.7. The molecule has 0 radical (unpaired) electrons. The molecule has 0 bridgehead atoms. The smallest absolute Gasteiger partial charge is 0.336 e. The molecule has 2 N–H and O–H groups in total. The first-order valence-corrected chi connectivity index (χ1v) is 10.5. The lowest BCUT2D eigenvalue weighted by atomic mass is 9.80. The van der Waals surface area contributed by atoms with Gasteiger partial charge in [0.15, 0.2) is 0 Å². The van der Waals surface area contributed by atoms with Gasteiger partial charge in [0.25, 0.3) is 0 Å². The topological polar surface area (TPSA) is 74.6 Å². The molecule has 4 aromatic carbocycles. The fourth-order valence-corrected chi connectivity index (χ4v) is 4.56. The number of aryl methyl sites for hydroxylation is 1. The van der Waals surface area contributed by atoms with E-state index in [0.29, 0.717) is 5.92 Å². The van der Waals surface area contributed by atoms with Gasteiger partial charge in [0.05, 0.1) is 11.1 Å². The molecule has 1 aliphatic rings. The minimum atomic E-state index is -1.23. The van der Waals surface area contributed by atoms with Crippen molar-refractivity contribution in [1.29, 1.82) is 0 Å². The Bertz CT molecular complexity index is 1260. The van der Waals surface area contributed by atoms with E-state index in [1.54, 1.807) is 11.1 Å². The van der Waals surface area contributed by atoms with E-state index in [-0.39, 0.29) is 11.1 Å². The van der Waals surface area contributed by atoms with Crippen molar-refractivity contribution in [1.82, 2.24) is 0 Å². The van der Waals surface area contributed by atoms with Crippen LogP contribution in [-0.2, 0) is 6.42 Å². The van der Waals surface area contributed by atoms with Gasteiger partial charge < -0.3 is 10.2 Å². The van der Waals surface area contributed by atoms with Crippen molar-refractivity contribution in [3.05, 3.63) is 95.1 Å². The maximum atomic E-state index is 10.5. The van der Waals surface area contributed by atoms with E-state index in [0.717, 1.165) is 0 Å². The lowest BCUT2D eigenvalue weighted by molar-refractivity contribution is 0.0651. The fourth-order valence-electron chi connectivity index (χ4n) is 4.56. The van der Waals surface area contributed by atoms with Crippen LogP contribution >= 0.6 is 0 Å². The van der Waals surface area contributed by atoms with Crippen molar-refractivity contribution in [2.75, 3.05) is 0 Å². The summed E-state index contributed by atoms with van der Waals surface area (Å²) in [6.07, 6.45) is 3.93. The fraction of sp³-hybridized carbons (Fsp3) is 0.185. The minimum Gasteiger partial charge on any atom is -0.478 e. The molecule has 0 fully saturated rings. The van der Waals surface area contributed by atoms with Crippen molar-refractivity contribution in [2.24, 2.45) is 0 Å². The van der Waals surface area contributed by atoms with Crippen LogP contribution in [0, 0.1) is 0 Å². The van der Waals surface area contributed by atoms with Gasteiger partial charge in [-0.25, -0.2) is 9.59 Å². The van der Waals surface area contributed by atoms with Gasteiger partial charge in [0.2, 0.25) is 0 Å². The Morgan fingerprint density at radius 1 is 0.742 bits per heavy atom. The molecule has 1 atom stereocenters. The van der Waals surface area contributed by atoms with Crippen LogP contribution in [0.25, 0.3) is 21.5 Å². The molecule has 0 aliphatic heterocycles. The standard InChI is InChI=1S/C19H18.C8H6O4/c1-13-5-4-7-15-10-11-17-16-8-3-2-6-14(16)9-12-18(17)19(13)15;9-7(10)5-3-1-2-4-6(5)8(11)12/h2-3,6,8-13H,4-5,7H2,1H3;1-4H,(H,9,10)(H,11,12). The Kier molecular flexibility index (Phi) is 5.72. The molecule has 156 valence electrons. The van der Waals surface area contributed by atoms with E-state index in [1.165, 1.54) is 65.1 Å². The molecule has 0 saturated carbocycles. The zero-order valence-corrected chi connectivity index (χ0v) is 17.3. The van der Waals surface area contributed by atoms with Crippen molar-refractivity contribution in [3.63, 3.8) is 0 Å². The average Bonchev–Trinajstić information content (AvgIpc) is 2.79. The van der Waals surface area contributed by atoms with Crippen molar-refractivity contribution in [2.45, 2.75) is 32.1 Å². The van der Waals surface area contributed by atoms with Gasteiger partial charge in [-0.2, -0.15) is 0 Å². The molecular formula is C27H24O4. The Labute approximate surface area is 180 Å². The molecule has 0 spiro atoms. The molecule has 0 saturated heterocycles. The van der Waals surface area contributed by atoms with Gasteiger partial charge in [-0.3, -0.25) is 0 Å². The van der Waals surface area contributed by atoms with Gasteiger partial charge in [-0.1, -0.05) is 67.6 Å². The number of fused-ring (bicyclic) bond motifs is 5. The normalized spacial score (nSPS) is 15.1. The molecule has 1 aliphatic carbocycles. The summed E-state index contributed by atoms with van der Waals surface area (Å²) >= 11 is 0. The third kappa shape index (κ3) is 4.02. The van der Waals surface area contributed by atoms with Crippen LogP contribution in [0.1, 0.15) is 57.5 Å². The van der Waals surface area contributed by atoms with Crippen LogP contribution in [0.2, 0.25) is 0 Å². The Balaban J connectivity index is 0.000000168. The number of hydrogen-bond acceptors (Lipinski definition) is 2. The SMILES string of the molecule is CC1CCCc2ccc3c(ccc4ccccc43)c21.O=C(O)c1ccccc1C(=O)O. The second-order valence-electron chi connectivity index (χ2n) is 7.97. The van der Waals surface area contributed by atoms with E-state index in [2.05, 4.69) is 55.5 Å². The van der Waals surface area contributed by atoms with Crippen LogP contribution in [0.5, 0.6) is 0 Å². The van der Waals surface area contributed by atoms with Crippen molar-refractivity contribution in [3.8, 4) is 0 Å². The Morgan fingerprint density at radius 2 is 1.35 bits per heavy atom. The van der Waals surface area contributed by atoms with Gasteiger partial charge >= 0.3 is 11.9 Å². The van der Waals surface area contributed by atoms with Crippen LogP contribution in [-0.4, -0.2) is 22.2 Å². The number of hydrogen-bond donors (Lipinski definition) is 2. The highest BCUT2D eigenvalue weighted by atomic mass is 16.4. The lowest BCUT2D eigenvalue weighted by Crippen LogP contribution is -2.07. The highest BCUT2D eigenvalue weighted by Crippen LogP contribution is 2.38. The number of benzene rings is 4. The van der Waals surface area contributed by atoms with E-state index in [9.17, 15) is 9.59 Å². The highest BCUT2D eigenvalue weighted by molar-refractivity contribution is 6.09. The van der Waals surface area contributed by atoms with Crippen LogP contribution in [0.3, 0.4) is 0 Å². The summed E-state index contributed by atoms with van der Waals surface area (Å²) in [5.74, 6) is -1.75. The van der Waals surface area contributed by atoms with Crippen LogP contribution in [0.4, 0.5) is 0 Å². The summed E-state index contributed by atoms with van der Waals surface area (Å²) in [6.45, 7) is 2.38. The van der Waals surface area contributed by atoms with E-state index < -0.39 is 11.9 Å². The Hall–Kier alpha value is -3.66. The lowest BCUT2D eigenvalue weighted by Gasteiger charge is -2.24. The van der Waals surface area contributed by atoms with E-state index in [4.69, 9.17) is 10.2 Å². The van der Waals surface area contributed by atoms with Gasteiger partial charge in [-0.15, -0.1) is 0 Å². The summed E-state index contributed by atoms with van der Waals surface area (Å²) in [7, 11) is 0. The predicted molar refractivity (Wildman–Crippen MR) is 123 cm³/mol. The van der Waals surface area contributed by atoms with Gasteiger partial charge in [-0.05, 0) is 70.0 Å². The first-order chi connectivity index (χ1) is 15.0. The maximum Gasteiger partial charge on any atom is 0.336 e. The third-order valence-corrected chi connectivity index (χ3v) is 6.02. The van der Waals surface area contributed by atoms with Crippen LogP contribution in [0.15, 0.2) is 72.8 Å². The van der Waals surface area contributed by atoms with E-state index >= 15 is 0 Å². The van der Waals surface area contributed by atoms with Gasteiger partial charge in [0.1, 0.15) is 0 Å². The average molecular weight is 412 g/mol. The molecule has 0 aromatic heterocycles. The zero-order chi connectivity index (χ0) is 22.0. The molecule has 0 heterocycles. The molecule has 4 nitrogen and oxygen atoms in total. The monoisotopic (exact) mass is 412 g/mol. The molecule has 31 heavy (non-hydrogen) atoms. The molecule has 1 unspecified atom stereocenters. The van der Waals surface area contributed by atoms with Crippen LogP contribution < -0.4 is 0 Å². The minimum absolute atomic E-state index is 0.190. The first kappa shape index (κ1) is 20.6. The summed E-state index contributed by atoms with van der Waals surface area (Å²) in [4.78, 5) is 20.9. The quantitative estimate of drug-likeness (QED) is 0.368. The molecule has 4 aromatic rings. The summed E-state index contributed by atoms with van der Waals surface area (Å²) in [6, 6.07) is 23.5. The van der Waals surface area contributed by atoms with Gasteiger partial charge in [0, 0.05) is 0 Å². The Morgan fingerprint density at radius 3 is 2.03 bits per heavy atom.